The van der Waals surface area contributed by atoms with Gasteiger partial charge in [-0.15, -0.1) is 11.3 Å². The minimum atomic E-state index is 0.178. The fourth-order valence-electron chi connectivity index (χ4n) is 3.85. The molecule has 0 bridgehead atoms. The fraction of sp³-hybridized carbons (Fsp3) is 0.250. The Labute approximate surface area is 195 Å². The number of hydrogen-bond acceptors (Lipinski definition) is 7. The van der Waals surface area contributed by atoms with E-state index in [2.05, 4.69) is 27.5 Å². The Morgan fingerprint density at radius 2 is 1.88 bits per heavy atom. The van der Waals surface area contributed by atoms with E-state index in [4.69, 9.17) is 9.97 Å². The number of anilines is 1. The average molecular weight is 460 g/mol. The van der Waals surface area contributed by atoms with E-state index in [1.54, 1.807) is 17.5 Å². The first-order chi connectivity index (χ1) is 16.2. The summed E-state index contributed by atoms with van der Waals surface area (Å²) in [6.45, 7) is 0.882. The van der Waals surface area contributed by atoms with E-state index in [-0.39, 0.29) is 6.61 Å². The van der Waals surface area contributed by atoms with Gasteiger partial charge in [0.1, 0.15) is 16.3 Å². The lowest BCUT2D eigenvalue weighted by Crippen LogP contribution is -2.07. The highest BCUT2D eigenvalue weighted by Gasteiger charge is 2.23. The van der Waals surface area contributed by atoms with Crippen molar-refractivity contribution < 1.29 is 5.11 Å². The van der Waals surface area contributed by atoms with Gasteiger partial charge in [0.2, 0.25) is 0 Å². The van der Waals surface area contributed by atoms with Gasteiger partial charge in [-0.05, 0) is 24.5 Å². The van der Waals surface area contributed by atoms with Crippen molar-refractivity contribution in [2.75, 3.05) is 18.5 Å². The molecule has 0 unspecified atom stereocenters. The number of aliphatic hydroxyl groups is 1. The molecule has 0 aliphatic heterocycles. The predicted octanol–water partition coefficient (Wildman–Crippen LogP) is 4.34. The molecule has 4 heterocycles. The number of hydrogen-bond donors (Lipinski definition) is 2. The number of nitrogens with zero attached hydrogens (tertiary/aromatic N) is 6. The first kappa shape index (κ1) is 21.3. The topological polar surface area (TPSA) is 93.7 Å². The highest BCUT2D eigenvalue weighted by Crippen LogP contribution is 2.46. The Bertz CT molecular complexity index is 1390. The van der Waals surface area contributed by atoms with Crippen molar-refractivity contribution in [1.29, 1.82) is 0 Å². The van der Waals surface area contributed by atoms with Gasteiger partial charge in [0.25, 0.3) is 0 Å². The van der Waals surface area contributed by atoms with Gasteiger partial charge in [-0.3, -0.25) is 4.68 Å². The zero-order valence-electron chi connectivity index (χ0n) is 18.6. The molecule has 0 spiro atoms. The maximum absolute atomic E-state index is 9.19. The number of aryl methyl sites for hydroxylation is 2. The lowest BCUT2D eigenvalue weighted by atomic mass is 10.0. The van der Waals surface area contributed by atoms with Gasteiger partial charge in [-0.2, -0.15) is 5.10 Å². The minimum absolute atomic E-state index is 0.178. The van der Waals surface area contributed by atoms with E-state index in [1.807, 2.05) is 60.0 Å². The van der Waals surface area contributed by atoms with Gasteiger partial charge in [0, 0.05) is 51.4 Å². The highest BCUT2D eigenvalue weighted by molar-refractivity contribution is 7.22. The molecule has 0 atom stereocenters. The van der Waals surface area contributed by atoms with Crippen molar-refractivity contribution in [3.63, 3.8) is 0 Å². The number of thiophene rings is 1. The first-order valence-electron chi connectivity index (χ1n) is 10.9. The summed E-state index contributed by atoms with van der Waals surface area (Å²) in [7, 11) is 3.86. The van der Waals surface area contributed by atoms with Crippen LogP contribution in [0.5, 0.6) is 0 Å². The zero-order valence-corrected chi connectivity index (χ0v) is 19.4. The molecule has 5 aromatic rings. The molecule has 0 saturated carbocycles. The summed E-state index contributed by atoms with van der Waals surface area (Å²) in [6.07, 6.45) is 7.17. The molecule has 0 radical (unpaired) electrons. The fourth-order valence-corrected chi connectivity index (χ4v) is 5.01. The lowest BCUT2D eigenvalue weighted by molar-refractivity contribution is 0.286. The van der Waals surface area contributed by atoms with Crippen molar-refractivity contribution >= 4 is 27.4 Å². The summed E-state index contributed by atoms with van der Waals surface area (Å²) >= 11 is 1.62. The van der Waals surface area contributed by atoms with Crippen LogP contribution in [0.15, 0.2) is 55.0 Å². The number of fused-ring (bicyclic) bond motifs is 1. The molecule has 33 heavy (non-hydrogen) atoms. The second-order valence-electron chi connectivity index (χ2n) is 7.84. The van der Waals surface area contributed by atoms with Gasteiger partial charge < -0.3 is 15.0 Å². The van der Waals surface area contributed by atoms with E-state index in [1.165, 1.54) is 0 Å². The van der Waals surface area contributed by atoms with Crippen LogP contribution in [0.25, 0.3) is 43.6 Å². The third kappa shape index (κ3) is 4.12. The van der Waals surface area contributed by atoms with Gasteiger partial charge in [0.15, 0.2) is 11.6 Å². The van der Waals surface area contributed by atoms with Crippen molar-refractivity contribution in [1.82, 2.24) is 29.3 Å². The van der Waals surface area contributed by atoms with Crippen LogP contribution < -0.4 is 5.32 Å². The third-order valence-corrected chi connectivity index (χ3v) is 6.57. The predicted molar refractivity (Wildman–Crippen MR) is 132 cm³/mol. The molecule has 9 heteroatoms. The quantitative estimate of drug-likeness (QED) is 0.335. The average Bonchev–Trinajstić information content (AvgIpc) is 3.55. The van der Waals surface area contributed by atoms with E-state index in [9.17, 15) is 5.11 Å². The minimum Gasteiger partial charge on any atom is -0.396 e. The van der Waals surface area contributed by atoms with Crippen molar-refractivity contribution in [2.45, 2.75) is 12.8 Å². The molecular formula is C24H25N7OS. The molecule has 0 aliphatic rings. The van der Waals surface area contributed by atoms with E-state index in [0.29, 0.717) is 18.2 Å². The maximum atomic E-state index is 9.19. The second-order valence-corrected chi connectivity index (χ2v) is 8.84. The SMILES string of the molecule is Cn1ccc(-c2sc3nc(-c4nccn4C)nc(NCCCCO)c3c2-c2ccccc2)n1. The number of aliphatic hydroxyl groups excluding tert-OH is 1. The van der Waals surface area contributed by atoms with Gasteiger partial charge in [-0.25, -0.2) is 15.0 Å². The number of rotatable bonds is 8. The van der Waals surface area contributed by atoms with Crippen molar-refractivity contribution in [3.8, 4) is 33.3 Å². The van der Waals surface area contributed by atoms with Crippen LogP contribution in [0.3, 0.4) is 0 Å². The first-order valence-corrected chi connectivity index (χ1v) is 11.7. The summed E-state index contributed by atoms with van der Waals surface area (Å²) in [4.78, 5) is 16.2. The molecule has 0 aliphatic carbocycles. The van der Waals surface area contributed by atoms with Crippen LogP contribution in [0.2, 0.25) is 0 Å². The van der Waals surface area contributed by atoms with Crippen LogP contribution in [-0.4, -0.2) is 47.6 Å². The van der Waals surface area contributed by atoms with E-state index < -0.39 is 0 Å². The van der Waals surface area contributed by atoms with Gasteiger partial charge >= 0.3 is 0 Å². The smallest absolute Gasteiger partial charge is 0.199 e. The van der Waals surface area contributed by atoms with Crippen molar-refractivity contribution in [3.05, 3.63) is 55.0 Å². The summed E-state index contributed by atoms with van der Waals surface area (Å²) < 4.78 is 3.73. The maximum Gasteiger partial charge on any atom is 0.199 e. The number of benzene rings is 1. The van der Waals surface area contributed by atoms with E-state index >= 15 is 0 Å². The molecule has 0 saturated heterocycles. The van der Waals surface area contributed by atoms with Gasteiger partial charge in [0.05, 0.1) is 10.3 Å². The number of unbranched alkanes of at least 4 members (excludes halogenated alkanes) is 1. The molecule has 5 rings (SSSR count). The largest absolute Gasteiger partial charge is 0.396 e. The monoisotopic (exact) mass is 459 g/mol. The number of aromatic nitrogens is 6. The molecule has 2 N–H and O–H groups in total. The Hall–Kier alpha value is -3.56. The summed E-state index contributed by atoms with van der Waals surface area (Å²) in [5.74, 6) is 2.06. The number of imidazole rings is 1. The summed E-state index contributed by atoms with van der Waals surface area (Å²) in [5, 5.41) is 18.4. The molecular weight excluding hydrogens is 434 g/mol. The normalized spacial score (nSPS) is 11.4. The molecule has 168 valence electrons. The molecule has 8 nitrogen and oxygen atoms in total. The lowest BCUT2D eigenvalue weighted by Gasteiger charge is -2.11. The van der Waals surface area contributed by atoms with Crippen molar-refractivity contribution in [2.24, 2.45) is 14.1 Å². The summed E-state index contributed by atoms with van der Waals surface area (Å²) in [6, 6.07) is 12.3. The Kier molecular flexibility index (Phi) is 5.89. The highest BCUT2D eigenvalue weighted by atomic mass is 32.1. The van der Waals surface area contributed by atoms with Crippen LogP contribution in [-0.2, 0) is 14.1 Å². The Morgan fingerprint density at radius 1 is 1.03 bits per heavy atom. The van der Waals surface area contributed by atoms with Crippen LogP contribution in [0.1, 0.15) is 12.8 Å². The standard InChI is InChI=1S/C24H25N7OS/c1-30-14-12-26-23(30)22-27-21(25-11-6-7-15-32)19-18(16-8-4-3-5-9-16)20(33-24(19)28-22)17-10-13-31(2)29-17/h3-5,8-10,12-14,32H,6-7,11,15H2,1-2H3,(H,25,27,28). The van der Waals surface area contributed by atoms with Crippen LogP contribution in [0, 0.1) is 0 Å². The molecule has 1 aromatic carbocycles. The molecule has 0 amide bonds. The van der Waals surface area contributed by atoms with Crippen LogP contribution in [0.4, 0.5) is 5.82 Å². The molecule has 4 aromatic heterocycles. The molecule has 0 fully saturated rings. The Balaban J connectivity index is 1.76. The van der Waals surface area contributed by atoms with E-state index in [0.717, 1.165) is 50.6 Å². The van der Waals surface area contributed by atoms with Gasteiger partial charge in [-0.1, -0.05) is 30.3 Å². The second kappa shape index (κ2) is 9.13. The van der Waals surface area contributed by atoms with Crippen LogP contribution >= 0.6 is 11.3 Å². The number of nitrogens with one attached hydrogen (secondary N) is 1. The zero-order chi connectivity index (χ0) is 22.8. The summed E-state index contributed by atoms with van der Waals surface area (Å²) in [5.41, 5.74) is 3.07. The third-order valence-electron chi connectivity index (χ3n) is 5.46. The Morgan fingerprint density at radius 3 is 2.58 bits per heavy atom.